The Kier molecular flexibility index (Phi) is 2.64. The molecule has 1 spiro atoms. The molecule has 0 aromatic heterocycles. The summed E-state index contributed by atoms with van der Waals surface area (Å²) in [5, 5.41) is 0. The molecule has 0 radical (unpaired) electrons. The topological polar surface area (TPSA) is 25.1 Å². The van der Waals surface area contributed by atoms with Crippen LogP contribution < -0.4 is 0 Å². The molecule has 4 unspecified atom stereocenters. The molecule has 4 atom stereocenters. The van der Waals surface area contributed by atoms with Gasteiger partial charge in [0.25, 0.3) is 0 Å². The van der Waals surface area contributed by atoms with E-state index < -0.39 is 0 Å². The van der Waals surface area contributed by atoms with Gasteiger partial charge in [-0.3, -0.25) is 0 Å². The van der Waals surface area contributed by atoms with Gasteiger partial charge in [-0.2, -0.15) is 0 Å². The third kappa shape index (κ3) is 1.96. The lowest BCUT2D eigenvalue weighted by Gasteiger charge is -2.32. The van der Waals surface area contributed by atoms with Crippen LogP contribution in [0.2, 0.25) is 0 Å². The van der Waals surface area contributed by atoms with Gasteiger partial charge in [-0.1, -0.05) is 24.5 Å². The number of allylic oxidation sites excluding steroid dienone is 1. The van der Waals surface area contributed by atoms with Crippen molar-refractivity contribution in [3.8, 4) is 0 Å². The first kappa shape index (κ1) is 11.7. The standard InChI is InChI=1S/C15H24O2/c1-11(2)7-8-13-14(3,17-13)12-6-4-5-9-15(12)10-16-15/h7,12-13H,4-6,8-10H2,1-3H3. The summed E-state index contributed by atoms with van der Waals surface area (Å²) in [6.07, 6.45) is 9.05. The number of epoxide rings is 2. The van der Waals surface area contributed by atoms with Gasteiger partial charge in [-0.15, -0.1) is 0 Å². The summed E-state index contributed by atoms with van der Waals surface area (Å²) in [5.41, 5.74) is 1.71. The lowest BCUT2D eigenvalue weighted by molar-refractivity contribution is 0.0886. The fraction of sp³-hybridized carbons (Fsp3) is 0.867. The fourth-order valence-electron chi connectivity index (χ4n) is 3.66. The largest absolute Gasteiger partial charge is 0.369 e. The molecule has 2 heterocycles. The van der Waals surface area contributed by atoms with Crippen LogP contribution in [0.15, 0.2) is 11.6 Å². The summed E-state index contributed by atoms with van der Waals surface area (Å²) in [6.45, 7) is 7.60. The predicted molar refractivity (Wildman–Crippen MR) is 68.0 cm³/mol. The molecule has 0 bridgehead atoms. The van der Waals surface area contributed by atoms with E-state index in [1.807, 2.05) is 0 Å². The highest BCUT2D eigenvalue weighted by molar-refractivity contribution is 5.16. The van der Waals surface area contributed by atoms with E-state index in [-0.39, 0.29) is 11.2 Å². The van der Waals surface area contributed by atoms with E-state index in [9.17, 15) is 0 Å². The second-order valence-corrected chi connectivity index (χ2v) is 6.46. The minimum absolute atomic E-state index is 0.100. The summed E-state index contributed by atoms with van der Waals surface area (Å²) >= 11 is 0. The predicted octanol–water partition coefficient (Wildman–Crippen LogP) is 3.46. The number of hydrogen-bond donors (Lipinski definition) is 0. The second-order valence-electron chi connectivity index (χ2n) is 6.46. The third-order valence-corrected chi connectivity index (χ3v) is 4.90. The Balaban J connectivity index is 1.66. The van der Waals surface area contributed by atoms with Crippen LogP contribution >= 0.6 is 0 Å². The van der Waals surface area contributed by atoms with Gasteiger partial charge in [0.2, 0.25) is 0 Å². The number of rotatable bonds is 3. The molecule has 17 heavy (non-hydrogen) atoms. The Bertz CT molecular complexity index is 339. The van der Waals surface area contributed by atoms with Crippen LogP contribution in [0, 0.1) is 5.92 Å². The van der Waals surface area contributed by atoms with Gasteiger partial charge in [0.05, 0.1) is 23.9 Å². The van der Waals surface area contributed by atoms with E-state index in [1.54, 1.807) is 0 Å². The highest BCUT2D eigenvalue weighted by Gasteiger charge is 2.67. The summed E-state index contributed by atoms with van der Waals surface area (Å²) in [4.78, 5) is 0. The lowest BCUT2D eigenvalue weighted by atomic mass is 9.71. The van der Waals surface area contributed by atoms with Crippen LogP contribution in [0.25, 0.3) is 0 Å². The van der Waals surface area contributed by atoms with Crippen molar-refractivity contribution in [1.82, 2.24) is 0 Å². The van der Waals surface area contributed by atoms with E-state index in [0.29, 0.717) is 12.0 Å². The fourth-order valence-corrected chi connectivity index (χ4v) is 3.66. The molecule has 3 fully saturated rings. The monoisotopic (exact) mass is 236 g/mol. The molecule has 0 aromatic carbocycles. The lowest BCUT2D eigenvalue weighted by Crippen LogP contribution is -2.39. The average Bonchev–Trinajstić information content (AvgIpc) is 3.17. The van der Waals surface area contributed by atoms with Crippen LogP contribution in [-0.4, -0.2) is 23.9 Å². The zero-order chi connectivity index (χ0) is 12.1. The first-order chi connectivity index (χ1) is 8.07. The van der Waals surface area contributed by atoms with Gasteiger partial charge in [0.1, 0.15) is 0 Å². The molecule has 2 nitrogen and oxygen atoms in total. The Hall–Kier alpha value is -0.340. The van der Waals surface area contributed by atoms with Gasteiger partial charge >= 0.3 is 0 Å². The van der Waals surface area contributed by atoms with Gasteiger partial charge in [-0.25, -0.2) is 0 Å². The maximum atomic E-state index is 6.05. The molecule has 3 aliphatic rings. The number of ether oxygens (including phenoxy) is 2. The molecule has 3 rings (SSSR count). The van der Waals surface area contributed by atoms with Gasteiger partial charge < -0.3 is 9.47 Å². The van der Waals surface area contributed by atoms with Crippen molar-refractivity contribution in [2.45, 2.75) is 70.2 Å². The molecule has 96 valence electrons. The van der Waals surface area contributed by atoms with Crippen LogP contribution in [0.3, 0.4) is 0 Å². The van der Waals surface area contributed by atoms with Crippen LogP contribution in [0.1, 0.15) is 52.9 Å². The molecule has 2 heteroatoms. The number of hydrogen-bond acceptors (Lipinski definition) is 2. The first-order valence-electron chi connectivity index (χ1n) is 7.02. The zero-order valence-corrected chi connectivity index (χ0v) is 11.3. The van der Waals surface area contributed by atoms with Crippen molar-refractivity contribution in [2.24, 2.45) is 5.92 Å². The van der Waals surface area contributed by atoms with E-state index >= 15 is 0 Å². The van der Waals surface area contributed by atoms with Crippen LogP contribution in [-0.2, 0) is 9.47 Å². The second kappa shape index (κ2) is 3.83. The summed E-state index contributed by atoms with van der Waals surface area (Å²) in [5.74, 6) is 0.638. The van der Waals surface area contributed by atoms with Crippen molar-refractivity contribution >= 4 is 0 Å². The van der Waals surface area contributed by atoms with Gasteiger partial charge in [0, 0.05) is 5.92 Å². The Morgan fingerprint density at radius 3 is 2.76 bits per heavy atom. The van der Waals surface area contributed by atoms with Crippen molar-refractivity contribution in [2.75, 3.05) is 6.61 Å². The first-order valence-corrected chi connectivity index (χ1v) is 7.02. The quantitative estimate of drug-likeness (QED) is 0.554. The average molecular weight is 236 g/mol. The molecular weight excluding hydrogens is 212 g/mol. The van der Waals surface area contributed by atoms with Gasteiger partial charge in [0.15, 0.2) is 0 Å². The Morgan fingerprint density at radius 2 is 2.12 bits per heavy atom. The maximum Gasteiger partial charge on any atom is 0.0979 e. The van der Waals surface area contributed by atoms with Crippen molar-refractivity contribution in [3.05, 3.63) is 11.6 Å². The molecule has 1 aliphatic carbocycles. The van der Waals surface area contributed by atoms with Crippen molar-refractivity contribution < 1.29 is 9.47 Å². The SMILES string of the molecule is CC(C)=CCC1OC1(C)C1CCCCC12CO2. The van der Waals surface area contributed by atoms with Crippen LogP contribution in [0.4, 0.5) is 0 Å². The van der Waals surface area contributed by atoms with Crippen molar-refractivity contribution in [3.63, 3.8) is 0 Å². The summed E-state index contributed by atoms with van der Waals surface area (Å²) < 4.78 is 11.8. The van der Waals surface area contributed by atoms with E-state index in [2.05, 4.69) is 26.8 Å². The minimum Gasteiger partial charge on any atom is -0.369 e. The molecular formula is C15H24O2. The normalized spacial score (nSPS) is 47.9. The molecule has 0 amide bonds. The Morgan fingerprint density at radius 1 is 1.35 bits per heavy atom. The third-order valence-electron chi connectivity index (χ3n) is 4.90. The molecule has 2 saturated heterocycles. The minimum atomic E-state index is 0.100. The maximum absolute atomic E-state index is 6.05. The summed E-state index contributed by atoms with van der Waals surface area (Å²) in [6, 6.07) is 0. The summed E-state index contributed by atoms with van der Waals surface area (Å²) in [7, 11) is 0. The van der Waals surface area contributed by atoms with E-state index in [0.717, 1.165) is 13.0 Å². The molecule has 0 aromatic rings. The Labute approximate surface area is 104 Å². The van der Waals surface area contributed by atoms with Crippen LogP contribution in [0.5, 0.6) is 0 Å². The van der Waals surface area contributed by atoms with E-state index in [1.165, 1.54) is 31.3 Å². The van der Waals surface area contributed by atoms with Crippen molar-refractivity contribution in [1.29, 1.82) is 0 Å². The highest BCUT2D eigenvalue weighted by Crippen LogP contribution is 2.58. The molecule has 1 saturated carbocycles. The highest BCUT2D eigenvalue weighted by atomic mass is 16.6. The van der Waals surface area contributed by atoms with E-state index in [4.69, 9.17) is 9.47 Å². The van der Waals surface area contributed by atoms with Gasteiger partial charge in [-0.05, 0) is 40.0 Å². The molecule has 2 aliphatic heterocycles. The smallest absolute Gasteiger partial charge is 0.0979 e. The molecule has 0 N–H and O–H groups in total. The zero-order valence-electron chi connectivity index (χ0n) is 11.3.